The number of carboxylic acids is 1. The molecular weight excluding hydrogens is 284 g/mol. The maximum atomic E-state index is 11.9. The van der Waals surface area contributed by atoms with E-state index in [2.05, 4.69) is 17.9 Å². The maximum Gasteiger partial charge on any atom is 0.408 e. The van der Waals surface area contributed by atoms with Crippen LogP contribution in [0.1, 0.15) is 27.7 Å². The molecule has 0 heterocycles. The lowest BCUT2D eigenvalue weighted by atomic mass is 10.2. The van der Waals surface area contributed by atoms with Crippen molar-refractivity contribution in [3.8, 4) is 0 Å². The Morgan fingerprint density at radius 2 is 1.90 bits per heavy atom. The molecule has 0 aliphatic carbocycles. The van der Waals surface area contributed by atoms with Crippen molar-refractivity contribution in [2.24, 2.45) is 0 Å². The minimum atomic E-state index is -1.13. The Bertz CT molecular complexity index is 367. The normalized spacial score (nSPS) is 12.4. The Morgan fingerprint density at radius 3 is 2.25 bits per heavy atom. The van der Waals surface area contributed by atoms with Gasteiger partial charge in [0.1, 0.15) is 18.2 Å². The van der Waals surface area contributed by atoms with Gasteiger partial charge in [-0.2, -0.15) is 12.6 Å². The summed E-state index contributed by atoms with van der Waals surface area (Å²) in [6.07, 6.45) is -0.723. The second kappa shape index (κ2) is 7.98. The van der Waals surface area contributed by atoms with E-state index in [4.69, 9.17) is 9.84 Å². The highest BCUT2D eigenvalue weighted by Crippen LogP contribution is 2.07. The first-order valence-electron chi connectivity index (χ1n) is 6.22. The summed E-state index contributed by atoms with van der Waals surface area (Å²) in [5.74, 6) is -1.63. The summed E-state index contributed by atoms with van der Waals surface area (Å²) in [7, 11) is 0. The van der Waals surface area contributed by atoms with E-state index in [1.54, 1.807) is 27.7 Å². The number of carboxylic acid groups (broad SMARTS) is 1. The quantitative estimate of drug-likeness (QED) is 0.629. The van der Waals surface area contributed by atoms with Crippen LogP contribution >= 0.6 is 12.6 Å². The van der Waals surface area contributed by atoms with Crippen molar-refractivity contribution in [1.82, 2.24) is 10.2 Å². The highest BCUT2D eigenvalue weighted by Gasteiger charge is 2.27. The number of nitrogens with one attached hydrogen (secondary N) is 1. The van der Waals surface area contributed by atoms with Crippen LogP contribution in [-0.4, -0.2) is 58.5 Å². The maximum absolute atomic E-state index is 11.9. The summed E-state index contributed by atoms with van der Waals surface area (Å²) in [5.41, 5.74) is -0.660. The van der Waals surface area contributed by atoms with Crippen LogP contribution in [0.2, 0.25) is 0 Å². The minimum Gasteiger partial charge on any atom is -0.480 e. The lowest BCUT2D eigenvalue weighted by molar-refractivity contribution is -0.148. The van der Waals surface area contributed by atoms with Gasteiger partial charge in [0.2, 0.25) is 5.91 Å². The summed E-state index contributed by atoms with van der Waals surface area (Å²) in [5, 5.41) is 11.3. The molecule has 0 bridgehead atoms. The van der Waals surface area contributed by atoms with Crippen molar-refractivity contribution in [3.05, 3.63) is 0 Å². The zero-order valence-corrected chi connectivity index (χ0v) is 13.1. The molecule has 0 aromatic carbocycles. The molecule has 1 atom stereocenters. The van der Waals surface area contributed by atoms with Crippen molar-refractivity contribution in [2.45, 2.75) is 39.3 Å². The summed E-state index contributed by atoms with van der Waals surface area (Å²) < 4.78 is 4.98. The van der Waals surface area contributed by atoms with Gasteiger partial charge in [-0.3, -0.25) is 4.79 Å². The van der Waals surface area contributed by atoms with Crippen molar-refractivity contribution in [1.29, 1.82) is 0 Å². The van der Waals surface area contributed by atoms with Gasteiger partial charge in [0, 0.05) is 12.3 Å². The van der Waals surface area contributed by atoms with Gasteiger partial charge in [-0.05, 0) is 27.7 Å². The van der Waals surface area contributed by atoms with Gasteiger partial charge in [0.15, 0.2) is 0 Å². The van der Waals surface area contributed by atoms with Crippen molar-refractivity contribution >= 4 is 30.6 Å². The van der Waals surface area contributed by atoms with E-state index in [1.807, 2.05) is 0 Å². The van der Waals surface area contributed by atoms with Gasteiger partial charge in [-0.25, -0.2) is 9.59 Å². The van der Waals surface area contributed by atoms with Gasteiger partial charge in [-0.15, -0.1) is 0 Å². The van der Waals surface area contributed by atoms with E-state index in [9.17, 15) is 14.4 Å². The zero-order valence-electron chi connectivity index (χ0n) is 12.2. The summed E-state index contributed by atoms with van der Waals surface area (Å²) in [6.45, 7) is 6.66. The topological polar surface area (TPSA) is 95.9 Å². The summed E-state index contributed by atoms with van der Waals surface area (Å²) >= 11 is 3.92. The monoisotopic (exact) mass is 306 g/mol. The van der Waals surface area contributed by atoms with E-state index in [0.29, 0.717) is 0 Å². The lowest BCUT2D eigenvalue weighted by Gasteiger charge is -2.27. The lowest BCUT2D eigenvalue weighted by Crippen LogP contribution is -2.50. The molecule has 7 nitrogen and oxygen atoms in total. The molecule has 0 fully saturated rings. The highest BCUT2D eigenvalue weighted by molar-refractivity contribution is 7.80. The standard InChI is InChI=1S/C12H22N2O5S/c1-5-14(8(7-20)10(16)17)9(15)6-13-11(18)19-12(2,3)4/h8,20H,5-7H2,1-4H3,(H,13,18)(H,16,17)/t8-/m0/s1. The van der Waals surface area contributed by atoms with Crippen LogP contribution in [0.4, 0.5) is 4.79 Å². The number of likely N-dealkylation sites (N-methyl/N-ethyl adjacent to an activating group) is 1. The van der Waals surface area contributed by atoms with E-state index >= 15 is 0 Å². The van der Waals surface area contributed by atoms with Gasteiger partial charge >= 0.3 is 12.1 Å². The van der Waals surface area contributed by atoms with Crippen LogP contribution in [0.15, 0.2) is 0 Å². The van der Waals surface area contributed by atoms with Gasteiger partial charge in [-0.1, -0.05) is 0 Å². The number of alkyl carbamates (subject to hydrolysis) is 1. The highest BCUT2D eigenvalue weighted by atomic mass is 32.1. The van der Waals surface area contributed by atoms with E-state index in [-0.39, 0.29) is 18.8 Å². The Kier molecular flexibility index (Phi) is 7.41. The molecule has 0 saturated carbocycles. The fraction of sp³-hybridized carbons (Fsp3) is 0.750. The number of rotatable bonds is 6. The molecule has 116 valence electrons. The smallest absolute Gasteiger partial charge is 0.408 e. The number of nitrogens with zero attached hydrogens (tertiary/aromatic N) is 1. The van der Waals surface area contributed by atoms with Crippen LogP contribution in [0, 0.1) is 0 Å². The predicted molar refractivity (Wildman–Crippen MR) is 76.9 cm³/mol. The number of hydrogen-bond donors (Lipinski definition) is 3. The molecule has 0 saturated heterocycles. The van der Waals surface area contributed by atoms with E-state index < -0.39 is 29.6 Å². The Hall–Kier alpha value is -1.44. The van der Waals surface area contributed by atoms with Gasteiger partial charge < -0.3 is 20.1 Å². The molecule has 20 heavy (non-hydrogen) atoms. The third-order valence-corrected chi connectivity index (χ3v) is 2.62. The van der Waals surface area contributed by atoms with E-state index in [1.165, 1.54) is 0 Å². The molecular formula is C12H22N2O5S. The van der Waals surface area contributed by atoms with Crippen molar-refractivity contribution < 1.29 is 24.2 Å². The second-order valence-electron chi connectivity index (χ2n) is 5.07. The first-order chi connectivity index (χ1) is 9.12. The van der Waals surface area contributed by atoms with E-state index in [0.717, 1.165) is 4.90 Å². The first-order valence-corrected chi connectivity index (χ1v) is 6.85. The third-order valence-electron chi connectivity index (χ3n) is 2.28. The molecule has 8 heteroatoms. The predicted octanol–water partition coefficient (Wildman–Crippen LogP) is 0.743. The molecule has 0 aliphatic heterocycles. The molecule has 0 aliphatic rings. The van der Waals surface area contributed by atoms with Gasteiger partial charge in [0.25, 0.3) is 0 Å². The van der Waals surface area contributed by atoms with Crippen LogP contribution in [0.3, 0.4) is 0 Å². The number of thiol groups is 1. The summed E-state index contributed by atoms with van der Waals surface area (Å²) in [4.78, 5) is 35.5. The number of carbonyl (C=O) groups is 3. The Morgan fingerprint density at radius 1 is 1.35 bits per heavy atom. The summed E-state index contributed by atoms with van der Waals surface area (Å²) in [6, 6.07) is -1.02. The molecule has 0 radical (unpaired) electrons. The fourth-order valence-corrected chi connectivity index (χ4v) is 1.80. The van der Waals surface area contributed by atoms with Crippen LogP contribution < -0.4 is 5.32 Å². The number of hydrogen-bond acceptors (Lipinski definition) is 5. The number of carbonyl (C=O) groups excluding carboxylic acids is 2. The van der Waals surface area contributed by atoms with Crippen molar-refractivity contribution in [2.75, 3.05) is 18.8 Å². The van der Waals surface area contributed by atoms with Crippen LogP contribution in [0.5, 0.6) is 0 Å². The average molecular weight is 306 g/mol. The second-order valence-corrected chi connectivity index (χ2v) is 5.44. The zero-order chi connectivity index (χ0) is 15.9. The first kappa shape index (κ1) is 18.6. The molecule has 2 N–H and O–H groups in total. The average Bonchev–Trinajstić information content (AvgIpc) is 2.30. The molecule has 0 rings (SSSR count). The molecule has 2 amide bonds. The number of amides is 2. The Balaban J connectivity index is 4.50. The molecule has 0 aromatic heterocycles. The van der Waals surface area contributed by atoms with Crippen LogP contribution in [-0.2, 0) is 14.3 Å². The van der Waals surface area contributed by atoms with Crippen LogP contribution in [0.25, 0.3) is 0 Å². The molecule has 0 aromatic rings. The van der Waals surface area contributed by atoms with Crippen molar-refractivity contribution in [3.63, 3.8) is 0 Å². The number of ether oxygens (including phenoxy) is 1. The SMILES string of the molecule is CCN(C(=O)CNC(=O)OC(C)(C)C)[C@@H](CS)C(=O)O. The van der Waals surface area contributed by atoms with Gasteiger partial charge in [0.05, 0.1) is 0 Å². The largest absolute Gasteiger partial charge is 0.480 e. The third kappa shape index (κ3) is 6.65. The minimum absolute atomic E-state index is 0.00134. The Labute approximate surface area is 124 Å². The fourth-order valence-electron chi connectivity index (χ4n) is 1.44. The molecule has 0 unspecified atom stereocenters. The molecule has 0 spiro atoms. The number of aliphatic carboxylic acids is 1.